The minimum Gasteiger partial charge on any atom is -0.466 e. The first-order valence-corrected chi connectivity index (χ1v) is 6.91. The Kier molecular flexibility index (Phi) is 5.18. The molecule has 0 radical (unpaired) electrons. The molecule has 4 heteroatoms. The molecular weight excluding hydrogens is 256 g/mol. The molecule has 0 fully saturated rings. The van der Waals surface area contributed by atoms with Gasteiger partial charge in [0.25, 0.3) is 0 Å². The van der Waals surface area contributed by atoms with Crippen LogP contribution in [0.1, 0.15) is 31.7 Å². The highest BCUT2D eigenvalue weighted by atomic mass is 16.7. The molecule has 0 bridgehead atoms. The van der Waals surface area contributed by atoms with Gasteiger partial charge in [-0.2, -0.15) is 0 Å². The fourth-order valence-electron chi connectivity index (χ4n) is 2.09. The number of esters is 1. The van der Waals surface area contributed by atoms with Gasteiger partial charge in [-0.05, 0) is 6.42 Å². The zero-order chi connectivity index (χ0) is 14.4. The van der Waals surface area contributed by atoms with Crippen molar-refractivity contribution < 1.29 is 19.0 Å². The molecule has 0 saturated heterocycles. The van der Waals surface area contributed by atoms with E-state index in [1.54, 1.807) is 0 Å². The predicted octanol–water partition coefficient (Wildman–Crippen LogP) is 3.13. The lowest BCUT2D eigenvalue weighted by Gasteiger charge is -2.13. The molecule has 0 spiro atoms. The smallest absolute Gasteiger partial charge is 0.337 e. The summed E-state index contributed by atoms with van der Waals surface area (Å²) in [5, 5.41) is 0. The first-order valence-electron chi connectivity index (χ1n) is 6.91. The summed E-state index contributed by atoms with van der Waals surface area (Å²) >= 11 is 0. The second kappa shape index (κ2) is 7.10. The molecule has 1 aromatic carbocycles. The minimum atomic E-state index is -0.397. The van der Waals surface area contributed by atoms with Crippen molar-refractivity contribution >= 4 is 11.7 Å². The van der Waals surface area contributed by atoms with Crippen LogP contribution in [0.2, 0.25) is 0 Å². The number of hydrogen-bond acceptors (Lipinski definition) is 4. The molecule has 1 aliphatic rings. The van der Waals surface area contributed by atoms with Gasteiger partial charge in [-0.15, -0.1) is 0 Å². The molecule has 20 heavy (non-hydrogen) atoms. The van der Waals surface area contributed by atoms with E-state index in [0.717, 1.165) is 18.4 Å². The van der Waals surface area contributed by atoms with Crippen LogP contribution in [0.3, 0.4) is 0 Å². The standard InChI is InChI=1S/C16H20O4/c1-3-4-10-19-14-11-13(16(17)18-2)15(20-14)12-8-6-5-7-9-12/h5-9,14H,3-4,10-11H2,1-2H3. The maximum absolute atomic E-state index is 11.9. The average Bonchev–Trinajstić information content (AvgIpc) is 2.92. The second-order valence-electron chi connectivity index (χ2n) is 4.64. The van der Waals surface area contributed by atoms with E-state index in [9.17, 15) is 4.79 Å². The molecular formula is C16H20O4. The van der Waals surface area contributed by atoms with Gasteiger partial charge in [0.15, 0.2) is 0 Å². The van der Waals surface area contributed by atoms with Crippen molar-refractivity contribution in [1.29, 1.82) is 0 Å². The fraction of sp³-hybridized carbons (Fsp3) is 0.438. The normalized spacial score (nSPS) is 18.0. The third kappa shape index (κ3) is 3.39. The Bertz CT molecular complexity index is 479. The van der Waals surface area contributed by atoms with Crippen LogP contribution in [-0.2, 0) is 19.0 Å². The number of methoxy groups -OCH3 is 1. The Hall–Kier alpha value is -1.81. The zero-order valence-electron chi connectivity index (χ0n) is 11.9. The summed E-state index contributed by atoms with van der Waals surface area (Å²) in [5.41, 5.74) is 1.41. The molecule has 1 unspecified atom stereocenters. The maximum atomic E-state index is 11.9. The van der Waals surface area contributed by atoms with Crippen molar-refractivity contribution in [3.63, 3.8) is 0 Å². The molecule has 108 valence electrons. The van der Waals surface area contributed by atoms with Gasteiger partial charge < -0.3 is 14.2 Å². The van der Waals surface area contributed by atoms with Gasteiger partial charge in [0, 0.05) is 12.0 Å². The number of unbranched alkanes of at least 4 members (excludes halogenated alkanes) is 1. The van der Waals surface area contributed by atoms with Crippen molar-refractivity contribution in [2.45, 2.75) is 32.5 Å². The highest BCUT2D eigenvalue weighted by Crippen LogP contribution is 2.33. The van der Waals surface area contributed by atoms with Gasteiger partial charge in [0.1, 0.15) is 5.76 Å². The van der Waals surface area contributed by atoms with Crippen LogP contribution in [-0.4, -0.2) is 26.0 Å². The summed E-state index contributed by atoms with van der Waals surface area (Å²) < 4.78 is 16.3. The Morgan fingerprint density at radius 3 is 2.75 bits per heavy atom. The van der Waals surface area contributed by atoms with E-state index in [0.29, 0.717) is 24.4 Å². The summed E-state index contributed by atoms with van der Waals surface area (Å²) in [7, 11) is 1.38. The second-order valence-corrected chi connectivity index (χ2v) is 4.64. The average molecular weight is 276 g/mol. The van der Waals surface area contributed by atoms with Crippen LogP contribution in [0.15, 0.2) is 35.9 Å². The molecule has 1 aliphatic heterocycles. The van der Waals surface area contributed by atoms with Crippen molar-refractivity contribution in [3.8, 4) is 0 Å². The molecule has 4 nitrogen and oxygen atoms in total. The predicted molar refractivity (Wildman–Crippen MR) is 75.7 cm³/mol. The summed E-state index contributed by atoms with van der Waals surface area (Å²) in [6.07, 6.45) is 2.08. The number of carbonyl (C=O) groups excluding carboxylic acids is 1. The third-order valence-electron chi connectivity index (χ3n) is 3.16. The minimum absolute atomic E-state index is 0.356. The van der Waals surface area contributed by atoms with E-state index >= 15 is 0 Å². The zero-order valence-corrected chi connectivity index (χ0v) is 11.9. The summed E-state index contributed by atoms with van der Waals surface area (Å²) in [5.74, 6) is 0.212. The van der Waals surface area contributed by atoms with Crippen LogP contribution in [0.5, 0.6) is 0 Å². The Morgan fingerprint density at radius 2 is 2.10 bits per heavy atom. The molecule has 1 atom stereocenters. The van der Waals surface area contributed by atoms with Crippen LogP contribution in [0.4, 0.5) is 0 Å². The topological polar surface area (TPSA) is 44.8 Å². The lowest BCUT2D eigenvalue weighted by Crippen LogP contribution is -2.13. The number of carbonyl (C=O) groups is 1. The molecule has 2 rings (SSSR count). The van der Waals surface area contributed by atoms with E-state index in [-0.39, 0.29) is 5.97 Å². The van der Waals surface area contributed by atoms with Gasteiger partial charge in [0.2, 0.25) is 6.29 Å². The monoisotopic (exact) mass is 276 g/mol. The largest absolute Gasteiger partial charge is 0.466 e. The van der Waals surface area contributed by atoms with Crippen LogP contribution < -0.4 is 0 Å². The lowest BCUT2D eigenvalue weighted by molar-refractivity contribution is -0.136. The Labute approximate surface area is 119 Å². The molecule has 1 aromatic rings. The van der Waals surface area contributed by atoms with E-state index in [2.05, 4.69) is 6.92 Å². The molecule has 0 amide bonds. The number of benzene rings is 1. The molecule has 1 heterocycles. The van der Waals surface area contributed by atoms with Crippen LogP contribution in [0, 0.1) is 0 Å². The van der Waals surface area contributed by atoms with Crippen LogP contribution >= 0.6 is 0 Å². The van der Waals surface area contributed by atoms with E-state index in [1.165, 1.54) is 7.11 Å². The highest BCUT2D eigenvalue weighted by molar-refractivity contribution is 5.97. The molecule has 0 saturated carbocycles. The maximum Gasteiger partial charge on any atom is 0.337 e. The van der Waals surface area contributed by atoms with Crippen molar-refractivity contribution in [1.82, 2.24) is 0 Å². The molecule has 0 aliphatic carbocycles. The van der Waals surface area contributed by atoms with Crippen molar-refractivity contribution in [3.05, 3.63) is 41.5 Å². The first kappa shape index (κ1) is 14.6. The van der Waals surface area contributed by atoms with Gasteiger partial charge in [-0.25, -0.2) is 4.79 Å². The van der Waals surface area contributed by atoms with Crippen molar-refractivity contribution in [2.75, 3.05) is 13.7 Å². The Morgan fingerprint density at radius 1 is 1.35 bits per heavy atom. The number of hydrogen-bond donors (Lipinski definition) is 0. The number of rotatable bonds is 6. The van der Waals surface area contributed by atoms with E-state index in [1.807, 2.05) is 30.3 Å². The third-order valence-corrected chi connectivity index (χ3v) is 3.16. The van der Waals surface area contributed by atoms with E-state index < -0.39 is 6.29 Å². The summed E-state index contributed by atoms with van der Waals surface area (Å²) in [6.45, 7) is 2.74. The fourth-order valence-corrected chi connectivity index (χ4v) is 2.09. The van der Waals surface area contributed by atoms with Crippen molar-refractivity contribution in [2.24, 2.45) is 0 Å². The van der Waals surface area contributed by atoms with Gasteiger partial charge in [0.05, 0.1) is 19.3 Å². The summed E-state index contributed by atoms with van der Waals surface area (Å²) in [6, 6.07) is 9.56. The quantitative estimate of drug-likeness (QED) is 0.591. The highest BCUT2D eigenvalue weighted by Gasteiger charge is 2.32. The Balaban J connectivity index is 2.13. The van der Waals surface area contributed by atoms with E-state index in [4.69, 9.17) is 14.2 Å². The van der Waals surface area contributed by atoms with Gasteiger partial charge >= 0.3 is 5.97 Å². The van der Waals surface area contributed by atoms with Gasteiger partial charge in [-0.1, -0.05) is 43.7 Å². The molecule has 0 N–H and O–H groups in total. The summed E-state index contributed by atoms with van der Waals surface area (Å²) in [4.78, 5) is 11.9. The molecule has 0 aromatic heterocycles. The lowest BCUT2D eigenvalue weighted by atomic mass is 10.1. The number of ether oxygens (including phenoxy) is 3. The van der Waals surface area contributed by atoms with Gasteiger partial charge in [-0.3, -0.25) is 0 Å². The van der Waals surface area contributed by atoms with Crippen LogP contribution in [0.25, 0.3) is 5.76 Å². The first-order chi connectivity index (χ1) is 9.76. The SMILES string of the molecule is CCCCOC1CC(C(=O)OC)=C(c2ccccc2)O1.